The van der Waals surface area contributed by atoms with Gasteiger partial charge in [0.05, 0.1) is 19.0 Å². The van der Waals surface area contributed by atoms with Crippen LogP contribution in [0.15, 0.2) is 16.5 Å². The fraction of sp³-hybridized carbons (Fsp3) is 0.667. The summed E-state index contributed by atoms with van der Waals surface area (Å²) in [4.78, 5) is 16.4. The summed E-state index contributed by atoms with van der Waals surface area (Å²) in [5, 5.41) is 0.0517. The largest absolute Gasteiger partial charge is 0.463 e. The fourth-order valence-corrected chi connectivity index (χ4v) is 3.97. The Kier molecular flexibility index (Phi) is 4.87. The maximum absolute atomic E-state index is 12.1. The van der Waals surface area contributed by atoms with Crippen LogP contribution in [0.5, 0.6) is 0 Å². The molecule has 3 heterocycles. The predicted octanol–water partition coefficient (Wildman–Crippen LogP) is 1.88. The molecule has 2 fully saturated rings. The molecule has 0 spiro atoms. The molecule has 2 aliphatic rings. The number of carbonyl (C=O) groups is 1. The van der Waals surface area contributed by atoms with Crippen LogP contribution in [0.3, 0.4) is 0 Å². The molecule has 0 aliphatic carbocycles. The van der Waals surface area contributed by atoms with E-state index in [0.717, 1.165) is 57.3 Å². The monoisotopic (exact) mass is 310 g/mol. The third kappa shape index (κ3) is 3.62. The predicted molar refractivity (Wildman–Crippen MR) is 82.2 cm³/mol. The van der Waals surface area contributed by atoms with Crippen molar-refractivity contribution < 1.29 is 13.9 Å². The van der Waals surface area contributed by atoms with Gasteiger partial charge in [-0.05, 0) is 25.5 Å². The Bertz CT molecular complexity index is 485. The summed E-state index contributed by atoms with van der Waals surface area (Å²) in [6.45, 7) is 7.43. The first-order valence-electron chi connectivity index (χ1n) is 7.51. The highest BCUT2D eigenvalue weighted by Crippen LogP contribution is 2.39. The molecule has 0 N–H and O–H groups in total. The van der Waals surface area contributed by atoms with E-state index in [2.05, 4.69) is 4.90 Å². The maximum atomic E-state index is 12.1. The topological polar surface area (TPSA) is 45.9 Å². The Morgan fingerprint density at radius 2 is 2.10 bits per heavy atom. The number of hydrogen-bond donors (Lipinski definition) is 0. The van der Waals surface area contributed by atoms with Crippen LogP contribution in [-0.4, -0.2) is 60.9 Å². The lowest BCUT2D eigenvalue weighted by Gasteiger charge is -2.28. The summed E-state index contributed by atoms with van der Waals surface area (Å²) in [6, 6.07) is 3.95. The third-order valence-corrected chi connectivity index (χ3v) is 5.17. The molecule has 116 valence electrons. The lowest BCUT2D eigenvalue weighted by molar-refractivity contribution is -0.128. The number of aryl methyl sites for hydroxylation is 1. The number of carbonyl (C=O) groups excluding carboxylic acids is 1. The average Bonchev–Trinajstić information content (AvgIpc) is 3.07. The molecule has 5 nitrogen and oxygen atoms in total. The first-order valence-corrected chi connectivity index (χ1v) is 8.56. The van der Waals surface area contributed by atoms with Crippen LogP contribution in [0.1, 0.15) is 23.3 Å². The number of nitrogens with zero attached hydrogens (tertiary/aromatic N) is 2. The molecule has 2 aliphatic heterocycles. The van der Waals surface area contributed by atoms with Crippen LogP contribution in [0.2, 0.25) is 0 Å². The summed E-state index contributed by atoms with van der Waals surface area (Å²) in [7, 11) is 0. The Balaban J connectivity index is 1.53. The molecule has 0 saturated carbocycles. The smallest absolute Gasteiger partial charge is 0.233 e. The SMILES string of the molecule is Cc1ccc(C2SCC(=O)N2CCCN2CCOCC2)o1. The third-order valence-electron chi connectivity index (χ3n) is 3.95. The van der Waals surface area contributed by atoms with E-state index in [1.807, 2.05) is 24.0 Å². The van der Waals surface area contributed by atoms with E-state index < -0.39 is 0 Å². The zero-order valence-corrected chi connectivity index (χ0v) is 13.2. The minimum absolute atomic E-state index is 0.0517. The van der Waals surface area contributed by atoms with Gasteiger partial charge in [-0.3, -0.25) is 9.69 Å². The van der Waals surface area contributed by atoms with Gasteiger partial charge in [0, 0.05) is 26.2 Å². The van der Waals surface area contributed by atoms with Crippen molar-refractivity contribution in [3.63, 3.8) is 0 Å². The highest BCUT2D eigenvalue weighted by atomic mass is 32.2. The molecule has 0 radical (unpaired) electrons. The second kappa shape index (κ2) is 6.85. The van der Waals surface area contributed by atoms with Crippen molar-refractivity contribution in [1.29, 1.82) is 0 Å². The Hall–Kier alpha value is -0.980. The van der Waals surface area contributed by atoms with Crippen LogP contribution in [0, 0.1) is 6.92 Å². The molecule has 3 rings (SSSR count). The number of morpholine rings is 1. The van der Waals surface area contributed by atoms with E-state index in [0.29, 0.717) is 5.75 Å². The number of hydrogen-bond acceptors (Lipinski definition) is 5. The lowest BCUT2D eigenvalue weighted by Crippen LogP contribution is -2.38. The van der Waals surface area contributed by atoms with Gasteiger partial charge in [0.15, 0.2) is 0 Å². The standard InChI is InChI=1S/C15H22N2O3S/c1-12-3-4-13(20-12)15-17(14(18)11-21-15)6-2-5-16-7-9-19-10-8-16/h3-4,15H,2,5-11H2,1H3. The van der Waals surface area contributed by atoms with Crippen molar-refractivity contribution >= 4 is 17.7 Å². The van der Waals surface area contributed by atoms with Gasteiger partial charge < -0.3 is 14.1 Å². The summed E-state index contributed by atoms with van der Waals surface area (Å²) in [5.41, 5.74) is 0. The minimum atomic E-state index is 0.0517. The van der Waals surface area contributed by atoms with Gasteiger partial charge in [0.2, 0.25) is 5.91 Å². The molecule has 0 aromatic carbocycles. The average molecular weight is 310 g/mol. The van der Waals surface area contributed by atoms with Gasteiger partial charge in [-0.1, -0.05) is 0 Å². The molecule has 1 amide bonds. The van der Waals surface area contributed by atoms with Gasteiger partial charge >= 0.3 is 0 Å². The van der Waals surface area contributed by atoms with Gasteiger partial charge in [-0.25, -0.2) is 0 Å². The van der Waals surface area contributed by atoms with E-state index in [4.69, 9.17) is 9.15 Å². The Morgan fingerprint density at radius 3 is 2.81 bits per heavy atom. The van der Waals surface area contributed by atoms with Crippen LogP contribution >= 0.6 is 11.8 Å². The normalized spacial score (nSPS) is 24.0. The summed E-state index contributed by atoms with van der Waals surface area (Å²) in [6.07, 6.45) is 1.00. The summed E-state index contributed by atoms with van der Waals surface area (Å²) in [5.74, 6) is 2.58. The second-order valence-electron chi connectivity index (χ2n) is 5.51. The summed E-state index contributed by atoms with van der Waals surface area (Å²) < 4.78 is 11.1. The lowest BCUT2D eigenvalue weighted by atomic mass is 10.3. The number of thioether (sulfide) groups is 1. The van der Waals surface area contributed by atoms with Crippen LogP contribution in [0.25, 0.3) is 0 Å². The maximum Gasteiger partial charge on any atom is 0.233 e. The molecule has 6 heteroatoms. The highest BCUT2D eigenvalue weighted by Gasteiger charge is 2.34. The van der Waals surface area contributed by atoms with Gasteiger partial charge in [-0.15, -0.1) is 11.8 Å². The van der Waals surface area contributed by atoms with Crippen molar-refractivity contribution in [1.82, 2.24) is 9.80 Å². The Morgan fingerprint density at radius 1 is 1.29 bits per heavy atom. The van der Waals surface area contributed by atoms with Gasteiger partial charge in [0.25, 0.3) is 0 Å². The zero-order chi connectivity index (χ0) is 14.7. The summed E-state index contributed by atoms with van der Waals surface area (Å²) >= 11 is 1.66. The van der Waals surface area contributed by atoms with E-state index in [1.165, 1.54) is 0 Å². The molecule has 1 unspecified atom stereocenters. The molecule has 2 saturated heterocycles. The Labute approximate surface area is 129 Å². The van der Waals surface area contributed by atoms with E-state index in [9.17, 15) is 4.79 Å². The molecule has 1 aromatic rings. The minimum Gasteiger partial charge on any atom is -0.463 e. The molecular formula is C15H22N2O3S. The first kappa shape index (κ1) is 14.9. The van der Waals surface area contributed by atoms with Crippen LogP contribution in [0.4, 0.5) is 0 Å². The fourth-order valence-electron chi connectivity index (χ4n) is 2.81. The quantitative estimate of drug-likeness (QED) is 0.831. The number of ether oxygens (including phenoxy) is 1. The molecule has 0 bridgehead atoms. The van der Waals surface area contributed by atoms with Crippen molar-refractivity contribution in [3.8, 4) is 0 Å². The number of amides is 1. The van der Waals surface area contributed by atoms with Crippen molar-refractivity contribution in [2.75, 3.05) is 45.1 Å². The highest BCUT2D eigenvalue weighted by molar-refractivity contribution is 8.00. The second-order valence-corrected chi connectivity index (χ2v) is 6.58. The van der Waals surface area contributed by atoms with E-state index in [1.54, 1.807) is 11.8 Å². The number of rotatable bonds is 5. The molecule has 21 heavy (non-hydrogen) atoms. The van der Waals surface area contributed by atoms with Crippen molar-refractivity contribution in [2.45, 2.75) is 18.7 Å². The van der Waals surface area contributed by atoms with E-state index in [-0.39, 0.29) is 11.3 Å². The van der Waals surface area contributed by atoms with Crippen LogP contribution < -0.4 is 0 Å². The molecule has 1 aromatic heterocycles. The van der Waals surface area contributed by atoms with Crippen molar-refractivity contribution in [3.05, 3.63) is 23.7 Å². The van der Waals surface area contributed by atoms with E-state index >= 15 is 0 Å². The van der Waals surface area contributed by atoms with Crippen molar-refractivity contribution in [2.24, 2.45) is 0 Å². The number of furan rings is 1. The first-order chi connectivity index (χ1) is 10.2. The molecular weight excluding hydrogens is 288 g/mol. The molecule has 1 atom stereocenters. The van der Waals surface area contributed by atoms with Gasteiger partial charge in [0.1, 0.15) is 16.9 Å². The zero-order valence-electron chi connectivity index (χ0n) is 12.4. The van der Waals surface area contributed by atoms with Gasteiger partial charge in [-0.2, -0.15) is 0 Å². The van der Waals surface area contributed by atoms with Crippen LogP contribution in [-0.2, 0) is 9.53 Å².